The van der Waals surface area contributed by atoms with Gasteiger partial charge >= 0.3 is 5.97 Å². The van der Waals surface area contributed by atoms with Crippen LogP contribution in [0.3, 0.4) is 0 Å². The zero-order chi connectivity index (χ0) is 20.7. The number of hydrazone groups is 1. The molecule has 5 heteroatoms. The lowest BCUT2D eigenvalue weighted by molar-refractivity contribution is -0.113. The van der Waals surface area contributed by atoms with Gasteiger partial charge in [0.05, 0.1) is 11.3 Å². The van der Waals surface area contributed by atoms with Crippen LogP contribution in [0.5, 0.6) is 0 Å². The number of rotatable bonds is 4. The molecule has 0 aromatic heterocycles. The second-order valence-corrected chi connectivity index (χ2v) is 7.40. The van der Waals surface area contributed by atoms with E-state index in [1.54, 1.807) is 17.1 Å². The zero-order valence-electron chi connectivity index (χ0n) is 16.5. The van der Waals surface area contributed by atoms with Gasteiger partial charge in [0.15, 0.2) is 5.78 Å². The van der Waals surface area contributed by atoms with Gasteiger partial charge in [-0.05, 0) is 18.6 Å². The van der Waals surface area contributed by atoms with Crippen molar-refractivity contribution in [3.8, 4) is 0 Å². The third kappa shape index (κ3) is 2.52. The molecule has 5 nitrogen and oxygen atoms in total. The summed E-state index contributed by atoms with van der Waals surface area (Å²) in [6.07, 6.45) is 1.14. The number of Topliss-reactive ketones (excluding diaryl/α,β-unsaturated/α-hetero) is 1. The zero-order valence-corrected chi connectivity index (χ0v) is 16.5. The van der Waals surface area contributed by atoms with Gasteiger partial charge in [0.2, 0.25) is 0 Å². The molecule has 0 fully saturated rings. The molecule has 3 aromatic rings. The SMILES string of the molecule is CCCC(=O)C1=NN2c3ccccc3C(=O)OC2(c2ccccc2)c2ccccc21. The molecular formula is C25H20N2O3. The number of nitrogens with zero attached hydrogens (tertiary/aromatic N) is 2. The highest BCUT2D eigenvalue weighted by Gasteiger charge is 2.53. The largest absolute Gasteiger partial charge is 0.424 e. The summed E-state index contributed by atoms with van der Waals surface area (Å²) in [6.45, 7) is 1.97. The molecule has 0 saturated carbocycles. The van der Waals surface area contributed by atoms with E-state index in [0.717, 1.165) is 17.5 Å². The maximum absolute atomic E-state index is 13.1. The molecule has 2 heterocycles. The maximum atomic E-state index is 13.1. The summed E-state index contributed by atoms with van der Waals surface area (Å²) in [5, 5.41) is 6.51. The fraction of sp³-hybridized carbons (Fsp3) is 0.160. The molecule has 3 aromatic carbocycles. The van der Waals surface area contributed by atoms with Crippen molar-refractivity contribution in [1.29, 1.82) is 0 Å². The summed E-state index contributed by atoms with van der Waals surface area (Å²) in [5.74, 6) is -0.444. The van der Waals surface area contributed by atoms with Gasteiger partial charge in [-0.25, -0.2) is 9.80 Å². The second kappa shape index (κ2) is 6.95. The fourth-order valence-electron chi connectivity index (χ4n) is 4.22. The Hall–Kier alpha value is -3.73. The summed E-state index contributed by atoms with van der Waals surface area (Å²) in [7, 11) is 0. The third-order valence-electron chi connectivity index (χ3n) is 5.54. The second-order valence-electron chi connectivity index (χ2n) is 7.40. The van der Waals surface area contributed by atoms with Gasteiger partial charge in [-0.15, -0.1) is 0 Å². The van der Waals surface area contributed by atoms with Crippen molar-refractivity contribution in [2.45, 2.75) is 25.5 Å². The number of fused-ring (bicyclic) bond motifs is 5. The maximum Gasteiger partial charge on any atom is 0.343 e. The number of ether oxygens (including phenoxy) is 1. The predicted octanol–water partition coefficient (Wildman–Crippen LogP) is 4.65. The molecule has 0 radical (unpaired) electrons. The standard InChI is InChI=1S/C25H20N2O3/c1-2-10-22(28)23-18-13-6-8-15-20(18)25(17-11-4-3-5-12-17)27(26-23)21-16-9-7-14-19(21)24(29)30-25/h3-9,11-16H,2,10H2,1H3. The average molecular weight is 396 g/mol. The Morgan fingerprint density at radius 1 is 0.933 bits per heavy atom. The van der Waals surface area contributed by atoms with Crippen LogP contribution in [0.1, 0.15) is 46.8 Å². The van der Waals surface area contributed by atoms with Crippen molar-refractivity contribution in [2.75, 3.05) is 5.01 Å². The van der Waals surface area contributed by atoms with E-state index in [9.17, 15) is 9.59 Å². The first-order valence-corrected chi connectivity index (χ1v) is 10.1. The Kier molecular flexibility index (Phi) is 4.24. The summed E-state index contributed by atoms with van der Waals surface area (Å²) in [6, 6.07) is 24.3. The van der Waals surface area contributed by atoms with Crippen molar-refractivity contribution in [3.05, 3.63) is 101 Å². The van der Waals surface area contributed by atoms with E-state index >= 15 is 0 Å². The first-order valence-electron chi connectivity index (χ1n) is 10.1. The minimum absolute atomic E-state index is 0.0269. The number of benzene rings is 3. The first kappa shape index (κ1) is 18.3. The average Bonchev–Trinajstić information content (AvgIpc) is 2.79. The van der Waals surface area contributed by atoms with Crippen LogP contribution in [0.25, 0.3) is 0 Å². The number of hydrogen-bond acceptors (Lipinski definition) is 5. The summed E-state index contributed by atoms with van der Waals surface area (Å²) in [5.41, 5.74) is 2.36. The van der Waals surface area contributed by atoms with Gasteiger partial charge < -0.3 is 4.74 Å². The number of carbonyl (C=O) groups is 2. The molecule has 0 saturated heterocycles. The molecule has 30 heavy (non-hydrogen) atoms. The number of para-hydroxylation sites is 1. The smallest absolute Gasteiger partial charge is 0.343 e. The number of anilines is 1. The highest BCUT2D eigenvalue weighted by Crippen LogP contribution is 2.49. The molecule has 2 aliphatic heterocycles. The quantitative estimate of drug-likeness (QED) is 0.602. The van der Waals surface area contributed by atoms with Crippen LogP contribution in [0.4, 0.5) is 5.69 Å². The highest BCUT2D eigenvalue weighted by atomic mass is 16.6. The molecule has 1 unspecified atom stereocenters. The lowest BCUT2D eigenvalue weighted by Gasteiger charge is -2.48. The molecule has 5 rings (SSSR count). The molecule has 0 aliphatic carbocycles. The molecule has 0 amide bonds. The lowest BCUT2D eigenvalue weighted by atomic mass is 9.84. The Labute approximate surface area is 174 Å². The van der Waals surface area contributed by atoms with Crippen LogP contribution in [0.2, 0.25) is 0 Å². The Bertz CT molecular complexity index is 1190. The Morgan fingerprint density at radius 2 is 1.60 bits per heavy atom. The molecule has 0 bridgehead atoms. The van der Waals surface area contributed by atoms with Gasteiger partial charge in [-0.3, -0.25) is 4.79 Å². The van der Waals surface area contributed by atoms with E-state index in [2.05, 4.69) is 0 Å². The number of hydrogen-bond donors (Lipinski definition) is 0. The van der Waals surface area contributed by atoms with E-state index in [0.29, 0.717) is 28.9 Å². The fourth-order valence-corrected chi connectivity index (χ4v) is 4.22. The van der Waals surface area contributed by atoms with Gasteiger partial charge in [-0.2, -0.15) is 5.10 Å². The number of ketones is 1. The Balaban J connectivity index is 1.86. The van der Waals surface area contributed by atoms with Crippen molar-refractivity contribution in [2.24, 2.45) is 5.10 Å². The van der Waals surface area contributed by atoms with Crippen molar-refractivity contribution < 1.29 is 14.3 Å². The van der Waals surface area contributed by atoms with Crippen LogP contribution in [-0.2, 0) is 15.3 Å². The number of esters is 1. The topological polar surface area (TPSA) is 59.0 Å². The van der Waals surface area contributed by atoms with Gasteiger partial charge in [0.25, 0.3) is 5.72 Å². The normalized spacial score (nSPS) is 19.2. The van der Waals surface area contributed by atoms with E-state index in [1.165, 1.54) is 0 Å². The van der Waals surface area contributed by atoms with Crippen molar-refractivity contribution >= 4 is 23.2 Å². The van der Waals surface area contributed by atoms with Crippen molar-refractivity contribution in [1.82, 2.24) is 0 Å². The third-order valence-corrected chi connectivity index (χ3v) is 5.54. The molecule has 0 spiro atoms. The number of carbonyl (C=O) groups excluding carboxylic acids is 2. The molecule has 148 valence electrons. The van der Waals surface area contributed by atoms with Gasteiger partial charge in [0.1, 0.15) is 5.71 Å². The van der Waals surface area contributed by atoms with Crippen molar-refractivity contribution in [3.63, 3.8) is 0 Å². The summed E-state index contributed by atoms with van der Waals surface area (Å²) < 4.78 is 6.17. The molecule has 0 N–H and O–H groups in total. The summed E-state index contributed by atoms with van der Waals surface area (Å²) >= 11 is 0. The van der Waals surface area contributed by atoms with E-state index in [4.69, 9.17) is 9.84 Å². The highest BCUT2D eigenvalue weighted by molar-refractivity contribution is 6.47. The minimum atomic E-state index is -1.28. The van der Waals surface area contributed by atoms with E-state index in [1.807, 2.05) is 73.7 Å². The Morgan fingerprint density at radius 3 is 2.37 bits per heavy atom. The predicted molar refractivity (Wildman–Crippen MR) is 114 cm³/mol. The molecular weight excluding hydrogens is 376 g/mol. The van der Waals surface area contributed by atoms with E-state index in [-0.39, 0.29) is 5.78 Å². The first-order chi connectivity index (χ1) is 14.7. The van der Waals surface area contributed by atoms with Crippen LogP contribution in [-0.4, -0.2) is 17.5 Å². The van der Waals surface area contributed by atoms with E-state index < -0.39 is 11.7 Å². The van der Waals surface area contributed by atoms with Crippen LogP contribution in [0.15, 0.2) is 84.0 Å². The monoisotopic (exact) mass is 396 g/mol. The van der Waals surface area contributed by atoms with Gasteiger partial charge in [-0.1, -0.05) is 73.7 Å². The van der Waals surface area contributed by atoms with Crippen LogP contribution in [0, 0.1) is 0 Å². The minimum Gasteiger partial charge on any atom is -0.424 e. The van der Waals surface area contributed by atoms with Crippen LogP contribution < -0.4 is 5.01 Å². The van der Waals surface area contributed by atoms with Crippen LogP contribution >= 0.6 is 0 Å². The molecule has 2 aliphatic rings. The summed E-state index contributed by atoms with van der Waals surface area (Å²) in [4.78, 5) is 26.1. The molecule has 1 atom stereocenters. The van der Waals surface area contributed by atoms with Gasteiger partial charge in [0, 0.05) is 23.1 Å². The lowest BCUT2D eigenvalue weighted by Crippen LogP contribution is -2.55.